The van der Waals surface area contributed by atoms with Crippen molar-refractivity contribution in [2.75, 3.05) is 18.5 Å². The first-order chi connectivity index (χ1) is 16.7. The van der Waals surface area contributed by atoms with Crippen molar-refractivity contribution in [2.45, 2.75) is 11.7 Å². The van der Waals surface area contributed by atoms with Crippen LogP contribution in [0.2, 0.25) is 15.1 Å². The molecule has 1 unspecified atom stereocenters. The van der Waals surface area contributed by atoms with E-state index in [1.54, 1.807) is 0 Å². The maximum absolute atomic E-state index is 13.0. The fraction of sp³-hybridized carbons (Fsp3) is 0.182. The lowest BCUT2D eigenvalue weighted by atomic mass is 10.2. The summed E-state index contributed by atoms with van der Waals surface area (Å²) in [5.74, 6) is -1.69. The molecule has 1 aliphatic rings. The molecule has 3 rings (SSSR count). The molecule has 1 aliphatic heterocycles. The third-order valence-corrected chi connectivity index (χ3v) is 6.63. The molecule has 1 fully saturated rings. The predicted molar refractivity (Wildman–Crippen MR) is 135 cm³/mol. The summed E-state index contributed by atoms with van der Waals surface area (Å²) in [5.41, 5.74) is 2.71. The minimum Gasteiger partial charge on any atom is -0.482 e. The van der Waals surface area contributed by atoms with E-state index in [9.17, 15) is 18.8 Å². The van der Waals surface area contributed by atoms with Crippen molar-refractivity contribution in [3.05, 3.63) is 69.9 Å². The Morgan fingerprint density at radius 2 is 1.83 bits per heavy atom. The average Bonchev–Trinajstić information content (AvgIpc) is 3.10. The number of rotatable bonds is 9. The van der Waals surface area contributed by atoms with Gasteiger partial charge in [0.2, 0.25) is 11.8 Å². The minimum atomic E-state index is -0.766. The van der Waals surface area contributed by atoms with E-state index in [2.05, 4.69) is 22.4 Å². The van der Waals surface area contributed by atoms with Crippen molar-refractivity contribution in [2.24, 2.45) is 5.10 Å². The van der Waals surface area contributed by atoms with Crippen LogP contribution in [0, 0.1) is 5.82 Å². The Morgan fingerprint density at radius 3 is 2.51 bits per heavy atom. The first-order valence-corrected chi connectivity index (χ1v) is 12.0. The quantitative estimate of drug-likeness (QED) is 0.263. The SMILES string of the molecule is C=CCN1C(=O)C(CC(=O)Nc2ccc(F)cc2)SC1=NNC(=O)COc1cc(Cl)c(Cl)cc1Cl. The molecule has 0 saturated carbocycles. The van der Waals surface area contributed by atoms with Gasteiger partial charge in [-0.1, -0.05) is 52.6 Å². The molecule has 2 aromatic rings. The zero-order chi connectivity index (χ0) is 25.5. The second-order valence-electron chi connectivity index (χ2n) is 7.02. The van der Waals surface area contributed by atoms with Gasteiger partial charge in [0, 0.05) is 24.7 Å². The molecule has 0 spiro atoms. The molecule has 184 valence electrons. The Labute approximate surface area is 219 Å². The van der Waals surface area contributed by atoms with Gasteiger partial charge >= 0.3 is 0 Å². The van der Waals surface area contributed by atoms with Crippen LogP contribution in [0.5, 0.6) is 5.75 Å². The van der Waals surface area contributed by atoms with E-state index in [0.717, 1.165) is 11.8 Å². The number of amidine groups is 1. The predicted octanol–water partition coefficient (Wildman–Crippen LogP) is 4.71. The Bertz CT molecular complexity index is 1180. The monoisotopic (exact) mass is 558 g/mol. The molecule has 2 aromatic carbocycles. The maximum atomic E-state index is 13.0. The van der Waals surface area contributed by atoms with E-state index in [0.29, 0.717) is 5.69 Å². The van der Waals surface area contributed by atoms with Crippen LogP contribution in [-0.2, 0) is 14.4 Å². The number of hydrogen-bond donors (Lipinski definition) is 2. The number of nitrogens with one attached hydrogen (secondary N) is 2. The smallest absolute Gasteiger partial charge is 0.278 e. The minimum absolute atomic E-state index is 0.131. The molecule has 1 saturated heterocycles. The number of hydrogen-bond acceptors (Lipinski definition) is 6. The summed E-state index contributed by atoms with van der Waals surface area (Å²) in [4.78, 5) is 38.6. The number of ether oxygens (including phenoxy) is 1. The topological polar surface area (TPSA) is 100 Å². The zero-order valence-corrected chi connectivity index (χ0v) is 21.0. The van der Waals surface area contributed by atoms with Crippen molar-refractivity contribution in [3.8, 4) is 5.75 Å². The normalized spacial score (nSPS) is 16.3. The van der Waals surface area contributed by atoms with Crippen LogP contribution in [0.15, 0.2) is 54.2 Å². The Morgan fingerprint density at radius 1 is 1.14 bits per heavy atom. The van der Waals surface area contributed by atoms with Gasteiger partial charge in [-0.3, -0.25) is 19.3 Å². The highest BCUT2D eigenvalue weighted by molar-refractivity contribution is 8.15. The van der Waals surface area contributed by atoms with Crippen LogP contribution < -0.4 is 15.5 Å². The van der Waals surface area contributed by atoms with Crippen molar-refractivity contribution in [1.82, 2.24) is 10.3 Å². The number of hydrazone groups is 1. The van der Waals surface area contributed by atoms with Gasteiger partial charge in [0.15, 0.2) is 11.8 Å². The molecule has 3 amide bonds. The van der Waals surface area contributed by atoms with Crippen LogP contribution in [0.3, 0.4) is 0 Å². The number of halogens is 4. The lowest BCUT2D eigenvalue weighted by Gasteiger charge is -2.14. The van der Waals surface area contributed by atoms with E-state index in [-0.39, 0.29) is 44.9 Å². The average molecular weight is 560 g/mol. The van der Waals surface area contributed by atoms with E-state index < -0.39 is 29.5 Å². The van der Waals surface area contributed by atoms with Gasteiger partial charge in [0.25, 0.3) is 5.91 Å². The molecule has 2 N–H and O–H groups in total. The zero-order valence-electron chi connectivity index (χ0n) is 17.9. The second kappa shape index (κ2) is 12.3. The molecule has 8 nitrogen and oxygen atoms in total. The maximum Gasteiger partial charge on any atom is 0.278 e. The number of thioether (sulfide) groups is 1. The number of amides is 3. The Balaban J connectivity index is 1.59. The van der Waals surface area contributed by atoms with Crippen LogP contribution in [0.4, 0.5) is 10.1 Å². The number of carbonyl (C=O) groups is 3. The van der Waals surface area contributed by atoms with Gasteiger partial charge in [-0.15, -0.1) is 11.7 Å². The summed E-state index contributed by atoms with van der Waals surface area (Å²) in [6, 6.07) is 8.02. The van der Waals surface area contributed by atoms with E-state index in [1.165, 1.54) is 47.4 Å². The summed E-state index contributed by atoms with van der Waals surface area (Å²) in [6.07, 6.45) is 1.34. The summed E-state index contributed by atoms with van der Waals surface area (Å²) in [5, 5.41) is 6.65. The van der Waals surface area contributed by atoms with Crippen LogP contribution in [-0.4, -0.2) is 46.2 Å². The highest BCUT2D eigenvalue weighted by Crippen LogP contribution is 2.34. The highest BCUT2D eigenvalue weighted by Gasteiger charge is 2.38. The second-order valence-corrected chi connectivity index (χ2v) is 9.41. The number of carbonyl (C=O) groups excluding carboxylic acids is 3. The van der Waals surface area contributed by atoms with E-state index >= 15 is 0 Å². The van der Waals surface area contributed by atoms with Crippen LogP contribution in [0.1, 0.15) is 6.42 Å². The van der Waals surface area contributed by atoms with Gasteiger partial charge in [0.05, 0.1) is 15.1 Å². The highest BCUT2D eigenvalue weighted by atomic mass is 35.5. The van der Waals surface area contributed by atoms with Crippen LogP contribution in [0.25, 0.3) is 0 Å². The summed E-state index contributed by atoms with van der Waals surface area (Å²) in [7, 11) is 0. The third-order valence-electron chi connectivity index (χ3n) is 4.44. The van der Waals surface area contributed by atoms with Gasteiger partial charge in [-0.05, 0) is 30.3 Å². The van der Waals surface area contributed by atoms with E-state index in [4.69, 9.17) is 39.5 Å². The van der Waals surface area contributed by atoms with Gasteiger partial charge in [-0.25, -0.2) is 9.82 Å². The van der Waals surface area contributed by atoms with Crippen molar-refractivity contribution >= 4 is 75.1 Å². The van der Waals surface area contributed by atoms with Gasteiger partial charge in [0.1, 0.15) is 16.8 Å². The molecule has 35 heavy (non-hydrogen) atoms. The fourth-order valence-corrected chi connectivity index (χ4v) is 4.54. The lowest BCUT2D eigenvalue weighted by molar-refractivity contribution is -0.128. The summed E-state index contributed by atoms with van der Waals surface area (Å²) in [6.45, 7) is 3.31. The van der Waals surface area contributed by atoms with Gasteiger partial charge < -0.3 is 10.1 Å². The molecule has 0 radical (unpaired) electrons. The molecule has 0 aliphatic carbocycles. The molecule has 0 aromatic heterocycles. The molecule has 1 heterocycles. The molecule has 1 atom stereocenters. The van der Waals surface area contributed by atoms with Gasteiger partial charge in [-0.2, -0.15) is 0 Å². The van der Waals surface area contributed by atoms with Crippen molar-refractivity contribution in [1.29, 1.82) is 0 Å². The number of benzene rings is 2. The largest absolute Gasteiger partial charge is 0.482 e. The molecule has 13 heteroatoms. The number of nitrogens with zero attached hydrogens (tertiary/aromatic N) is 2. The third kappa shape index (κ3) is 7.35. The lowest BCUT2D eigenvalue weighted by Crippen LogP contribution is -2.35. The standard InChI is InChI=1S/C22H18Cl3FN4O4S/c1-2-7-30-21(33)18(10-19(31)27-13-5-3-12(26)4-6-13)35-22(30)29-28-20(32)11-34-17-9-15(24)14(23)8-16(17)25/h2-6,8-9,18H,1,7,10-11H2,(H,27,31)(H,28,32). The first kappa shape index (κ1) is 26.8. The fourth-order valence-electron chi connectivity index (χ4n) is 2.84. The van der Waals surface area contributed by atoms with Crippen molar-refractivity contribution in [3.63, 3.8) is 0 Å². The van der Waals surface area contributed by atoms with E-state index in [1.807, 2.05) is 0 Å². The first-order valence-electron chi connectivity index (χ1n) is 9.96. The Kier molecular flexibility index (Phi) is 9.39. The van der Waals surface area contributed by atoms with Crippen LogP contribution >= 0.6 is 46.6 Å². The Hall–Kier alpha value is -2.79. The molecule has 0 bridgehead atoms. The van der Waals surface area contributed by atoms with Crippen molar-refractivity contribution < 1.29 is 23.5 Å². The number of anilines is 1. The summed E-state index contributed by atoms with van der Waals surface area (Å²) >= 11 is 18.8. The molecular formula is C22H18Cl3FN4O4S. The molecular weight excluding hydrogens is 542 g/mol. The summed E-state index contributed by atoms with van der Waals surface area (Å²) < 4.78 is 18.4.